The Hall–Kier alpha value is -2.42. The highest BCUT2D eigenvalue weighted by atomic mass is 35.5. The van der Waals surface area contributed by atoms with E-state index in [0.29, 0.717) is 10.7 Å². The van der Waals surface area contributed by atoms with Crippen LogP contribution < -0.4 is 10.0 Å². The monoisotopic (exact) mass is 410 g/mol. The quantitative estimate of drug-likeness (QED) is 0.683. The first-order valence-corrected chi connectivity index (χ1v) is 9.85. The maximum Gasteiger partial charge on any atom is 0.324 e. The minimum absolute atomic E-state index is 0.0244. The smallest absolute Gasteiger partial charge is 0.324 e. The van der Waals surface area contributed by atoms with Crippen molar-refractivity contribution in [3.63, 3.8) is 0 Å². The van der Waals surface area contributed by atoms with Crippen molar-refractivity contribution in [3.05, 3.63) is 59.1 Å². The average molecular weight is 411 g/mol. The number of nitrogens with one attached hydrogen (secondary N) is 2. The largest absolute Gasteiger partial charge is 0.454 e. The van der Waals surface area contributed by atoms with Gasteiger partial charge in [-0.15, -0.1) is 0 Å². The second-order valence-electron chi connectivity index (χ2n) is 5.80. The molecular weight excluding hydrogens is 392 g/mol. The summed E-state index contributed by atoms with van der Waals surface area (Å²) in [5, 5.41) is 2.88. The first-order valence-electron chi connectivity index (χ1n) is 7.99. The lowest BCUT2D eigenvalue weighted by atomic mass is 10.2. The number of anilines is 1. The van der Waals surface area contributed by atoms with E-state index in [0.717, 1.165) is 5.56 Å². The molecule has 0 spiro atoms. The summed E-state index contributed by atoms with van der Waals surface area (Å²) in [4.78, 5) is 23.9. The number of carbonyl (C=O) groups is 2. The van der Waals surface area contributed by atoms with E-state index in [2.05, 4.69) is 10.0 Å². The summed E-state index contributed by atoms with van der Waals surface area (Å²) < 4.78 is 31.4. The molecule has 0 saturated heterocycles. The fraction of sp³-hybridized carbons (Fsp3) is 0.222. The van der Waals surface area contributed by atoms with Gasteiger partial charge in [0.05, 0.1) is 15.6 Å². The highest BCUT2D eigenvalue weighted by Gasteiger charge is 2.23. The van der Waals surface area contributed by atoms with Crippen LogP contribution in [0.15, 0.2) is 53.4 Å². The number of aryl methyl sites for hydroxylation is 1. The molecule has 2 aromatic carbocycles. The van der Waals surface area contributed by atoms with Gasteiger partial charge in [-0.25, -0.2) is 8.42 Å². The van der Waals surface area contributed by atoms with Gasteiger partial charge in [-0.2, -0.15) is 4.72 Å². The first-order chi connectivity index (χ1) is 12.7. The van der Waals surface area contributed by atoms with Crippen LogP contribution in [0, 0.1) is 6.92 Å². The number of esters is 1. The molecule has 0 saturated carbocycles. The summed E-state index contributed by atoms with van der Waals surface area (Å²) in [6.07, 6.45) is 0. The zero-order valence-corrected chi connectivity index (χ0v) is 16.3. The lowest BCUT2D eigenvalue weighted by molar-refractivity contribution is -0.148. The Labute approximate surface area is 162 Å². The van der Waals surface area contributed by atoms with E-state index in [1.807, 2.05) is 6.92 Å². The van der Waals surface area contributed by atoms with Crippen LogP contribution in [0.2, 0.25) is 5.02 Å². The highest BCUT2D eigenvalue weighted by Crippen LogP contribution is 2.22. The van der Waals surface area contributed by atoms with E-state index in [1.54, 1.807) is 36.4 Å². The molecular formula is C18H19ClN2O5S. The predicted molar refractivity (Wildman–Crippen MR) is 102 cm³/mol. The average Bonchev–Trinajstić information content (AvgIpc) is 2.62. The third kappa shape index (κ3) is 6.06. The number of hydrogen-bond acceptors (Lipinski definition) is 5. The molecule has 7 nitrogen and oxygen atoms in total. The number of rotatable bonds is 7. The van der Waals surface area contributed by atoms with Crippen molar-refractivity contribution in [1.82, 2.24) is 4.72 Å². The fourth-order valence-electron chi connectivity index (χ4n) is 2.12. The lowest BCUT2D eigenvalue weighted by Crippen LogP contribution is -2.40. The van der Waals surface area contributed by atoms with Gasteiger partial charge in [0.1, 0.15) is 6.04 Å². The molecule has 1 unspecified atom stereocenters. The maximum atomic E-state index is 12.2. The molecule has 0 aromatic heterocycles. The Kier molecular flexibility index (Phi) is 6.95. The van der Waals surface area contributed by atoms with E-state index in [4.69, 9.17) is 16.3 Å². The number of ether oxygens (including phenoxy) is 1. The molecule has 2 aromatic rings. The van der Waals surface area contributed by atoms with Gasteiger partial charge in [-0.05, 0) is 43.7 Å². The number of sulfonamides is 1. The van der Waals surface area contributed by atoms with Crippen LogP contribution in [-0.4, -0.2) is 32.9 Å². The summed E-state index contributed by atoms with van der Waals surface area (Å²) in [7, 11) is -3.87. The van der Waals surface area contributed by atoms with Crippen molar-refractivity contribution >= 4 is 39.2 Å². The molecule has 0 radical (unpaired) electrons. The molecule has 0 aliphatic heterocycles. The standard InChI is InChI=1S/C18H19ClN2O5S/c1-12-8-9-16(15(19)10-12)20-17(22)11-26-18(23)13(2)21-27(24,25)14-6-4-3-5-7-14/h3-10,13,21H,11H2,1-2H3,(H,20,22). The molecule has 1 amide bonds. The maximum absolute atomic E-state index is 12.2. The fourth-order valence-corrected chi connectivity index (χ4v) is 3.61. The molecule has 1 atom stereocenters. The van der Waals surface area contributed by atoms with Crippen molar-refractivity contribution < 1.29 is 22.7 Å². The van der Waals surface area contributed by atoms with Crippen molar-refractivity contribution in [3.8, 4) is 0 Å². The molecule has 0 aliphatic rings. The van der Waals surface area contributed by atoms with Crippen LogP contribution in [0.25, 0.3) is 0 Å². The predicted octanol–water partition coefficient (Wildman–Crippen LogP) is 2.50. The SMILES string of the molecule is Cc1ccc(NC(=O)COC(=O)C(C)NS(=O)(=O)c2ccccc2)c(Cl)c1. The van der Waals surface area contributed by atoms with Gasteiger partial charge in [0.2, 0.25) is 10.0 Å². The number of benzene rings is 2. The molecule has 144 valence electrons. The third-order valence-electron chi connectivity index (χ3n) is 3.48. The van der Waals surface area contributed by atoms with Crippen LogP contribution >= 0.6 is 11.6 Å². The van der Waals surface area contributed by atoms with E-state index in [-0.39, 0.29) is 4.90 Å². The molecule has 2 N–H and O–H groups in total. The zero-order chi connectivity index (χ0) is 20.0. The van der Waals surface area contributed by atoms with E-state index in [9.17, 15) is 18.0 Å². The van der Waals surface area contributed by atoms with Crippen LogP contribution in [0.1, 0.15) is 12.5 Å². The van der Waals surface area contributed by atoms with Gasteiger partial charge >= 0.3 is 5.97 Å². The molecule has 2 rings (SSSR count). The molecule has 0 aliphatic carbocycles. The van der Waals surface area contributed by atoms with Crippen LogP contribution in [-0.2, 0) is 24.3 Å². The Morgan fingerprint density at radius 3 is 2.44 bits per heavy atom. The third-order valence-corrected chi connectivity index (χ3v) is 5.35. The number of carbonyl (C=O) groups excluding carboxylic acids is 2. The number of halogens is 1. The normalized spacial score (nSPS) is 12.3. The highest BCUT2D eigenvalue weighted by molar-refractivity contribution is 7.89. The molecule has 9 heteroatoms. The molecule has 0 fully saturated rings. The van der Waals surface area contributed by atoms with Gasteiger partial charge < -0.3 is 10.1 Å². The van der Waals surface area contributed by atoms with Gasteiger partial charge in [0, 0.05) is 0 Å². The minimum atomic E-state index is -3.87. The Morgan fingerprint density at radius 2 is 1.81 bits per heavy atom. The van der Waals surface area contributed by atoms with Gasteiger partial charge in [0.15, 0.2) is 6.61 Å². The number of amides is 1. The van der Waals surface area contributed by atoms with Crippen LogP contribution in [0.5, 0.6) is 0 Å². The summed E-state index contributed by atoms with van der Waals surface area (Å²) in [6.45, 7) is 2.62. The molecule has 27 heavy (non-hydrogen) atoms. The second kappa shape index (κ2) is 8.98. The molecule has 0 heterocycles. The van der Waals surface area contributed by atoms with Crippen molar-refractivity contribution in [2.24, 2.45) is 0 Å². The Balaban J connectivity index is 1.88. The zero-order valence-electron chi connectivity index (χ0n) is 14.7. The Morgan fingerprint density at radius 1 is 1.15 bits per heavy atom. The summed E-state index contributed by atoms with van der Waals surface area (Å²) in [5.74, 6) is -1.47. The summed E-state index contributed by atoms with van der Waals surface area (Å²) in [5.41, 5.74) is 1.32. The summed E-state index contributed by atoms with van der Waals surface area (Å²) >= 11 is 6.02. The topological polar surface area (TPSA) is 102 Å². The second-order valence-corrected chi connectivity index (χ2v) is 7.92. The lowest BCUT2D eigenvalue weighted by Gasteiger charge is -2.14. The van der Waals surface area contributed by atoms with Gasteiger partial charge in [-0.3, -0.25) is 9.59 Å². The van der Waals surface area contributed by atoms with E-state index in [1.165, 1.54) is 19.1 Å². The van der Waals surface area contributed by atoms with E-state index < -0.39 is 34.5 Å². The minimum Gasteiger partial charge on any atom is -0.454 e. The van der Waals surface area contributed by atoms with Gasteiger partial charge in [0.25, 0.3) is 5.91 Å². The van der Waals surface area contributed by atoms with E-state index >= 15 is 0 Å². The number of hydrogen-bond donors (Lipinski definition) is 2. The van der Waals surface area contributed by atoms with Crippen molar-refractivity contribution in [2.45, 2.75) is 24.8 Å². The Bertz CT molecular complexity index is 932. The molecule has 0 bridgehead atoms. The van der Waals surface area contributed by atoms with Crippen LogP contribution in [0.3, 0.4) is 0 Å². The van der Waals surface area contributed by atoms with Crippen molar-refractivity contribution in [2.75, 3.05) is 11.9 Å². The van der Waals surface area contributed by atoms with Crippen LogP contribution in [0.4, 0.5) is 5.69 Å². The van der Waals surface area contributed by atoms with Crippen molar-refractivity contribution in [1.29, 1.82) is 0 Å². The summed E-state index contributed by atoms with van der Waals surface area (Å²) in [6, 6.07) is 11.5. The van der Waals surface area contributed by atoms with Gasteiger partial charge in [-0.1, -0.05) is 35.9 Å². The first kappa shape index (κ1) is 20.9.